The van der Waals surface area contributed by atoms with Crippen LogP contribution in [0.4, 0.5) is 10.5 Å². The van der Waals surface area contributed by atoms with Gasteiger partial charge < -0.3 is 9.84 Å². The van der Waals surface area contributed by atoms with Gasteiger partial charge in [0.2, 0.25) is 0 Å². The zero-order valence-electron chi connectivity index (χ0n) is 16.0. The van der Waals surface area contributed by atoms with Gasteiger partial charge >= 0.3 is 6.09 Å². The number of hydrogen-bond acceptors (Lipinski definition) is 3. The third kappa shape index (κ3) is 3.66. The van der Waals surface area contributed by atoms with E-state index in [9.17, 15) is 9.90 Å². The van der Waals surface area contributed by atoms with E-state index in [4.69, 9.17) is 4.74 Å². The largest absolute Gasteiger partial charge is 0.441 e. The molecule has 0 aromatic heterocycles. The molecule has 1 aromatic carbocycles. The van der Waals surface area contributed by atoms with E-state index in [1.165, 1.54) is 0 Å². The molecule has 1 amide bonds. The Morgan fingerprint density at radius 2 is 2.00 bits per heavy atom. The monoisotopic (exact) mass is 355 g/mol. The summed E-state index contributed by atoms with van der Waals surface area (Å²) in [7, 11) is 0. The maximum Gasteiger partial charge on any atom is 0.412 e. The molecule has 0 unspecified atom stereocenters. The Labute approximate surface area is 156 Å². The van der Waals surface area contributed by atoms with Gasteiger partial charge in [0, 0.05) is 11.6 Å². The summed E-state index contributed by atoms with van der Waals surface area (Å²) in [4.78, 5) is 12.3. The Hall–Kier alpha value is -1.81. The summed E-state index contributed by atoms with van der Waals surface area (Å²) in [5.41, 5.74) is 0.560. The molecular formula is C22H29NO3. The van der Waals surface area contributed by atoms with Crippen molar-refractivity contribution in [2.75, 3.05) is 5.32 Å². The Balaban J connectivity index is 1.76. The molecular weight excluding hydrogens is 326 g/mol. The van der Waals surface area contributed by atoms with E-state index in [-0.39, 0.29) is 11.8 Å². The predicted octanol–water partition coefficient (Wildman–Crippen LogP) is 4.69. The van der Waals surface area contributed by atoms with Gasteiger partial charge in [0.15, 0.2) is 0 Å². The van der Waals surface area contributed by atoms with Crippen molar-refractivity contribution < 1.29 is 14.6 Å². The van der Waals surface area contributed by atoms with Crippen molar-refractivity contribution in [3.05, 3.63) is 48.4 Å². The molecule has 1 aromatic rings. The molecule has 0 spiro atoms. The minimum absolute atomic E-state index is 0.0308. The highest BCUT2D eigenvalue weighted by atomic mass is 16.6. The van der Waals surface area contributed by atoms with Crippen LogP contribution in [0, 0.1) is 30.1 Å². The summed E-state index contributed by atoms with van der Waals surface area (Å²) < 4.78 is 5.58. The highest BCUT2D eigenvalue weighted by Crippen LogP contribution is 2.50. The van der Waals surface area contributed by atoms with E-state index in [0.29, 0.717) is 17.5 Å². The predicted molar refractivity (Wildman–Crippen MR) is 102 cm³/mol. The van der Waals surface area contributed by atoms with Gasteiger partial charge in [-0.3, -0.25) is 5.32 Å². The van der Waals surface area contributed by atoms with E-state index in [1.54, 1.807) is 12.1 Å². The number of aliphatic hydroxyl groups is 1. The number of anilines is 1. The molecule has 26 heavy (non-hydrogen) atoms. The Morgan fingerprint density at radius 3 is 2.65 bits per heavy atom. The van der Waals surface area contributed by atoms with Crippen molar-refractivity contribution in [3.8, 4) is 0 Å². The first-order valence-electron chi connectivity index (χ1n) is 9.52. The lowest BCUT2D eigenvalue weighted by atomic mass is 9.57. The molecule has 2 aliphatic rings. The minimum Gasteiger partial charge on any atom is -0.441 e. The molecule has 3 rings (SSSR count). The molecule has 5 atom stereocenters. The third-order valence-corrected chi connectivity index (χ3v) is 5.97. The normalized spacial score (nSPS) is 34.0. The molecule has 0 bridgehead atoms. The number of nitrogens with one attached hydrogen (secondary N) is 1. The molecule has 0 heterocycles. The molecule has 2 radical (unpaired) electrons. The molecule has 1 saturated carbocycles. The number of benzene rings is 1. The average Bonchev–Trinajstić information content (AvgIpc) is 2.58. The standard InChI is InChI=1S/C22H29NO3/c1-14(2)18-11-10-16(4)22(25)13-20(15(3)12-19(18)22)26-21(24)23-17-8-6-5-7-9-17/h5-9,12,14,16,18-20,25H,10-11H2,1-4H3,(H,23,24)/t16-,18+,19-,20-,22-/m1/s1. The molecule has 140 valence electrons. The summed E-state index contributed by atoms with van der Waals surface area (Å²) >= 11 is 0. The third-order valence-electron chi connectivity index (χ3n) is 5.97. The highest BCUT2D eigenvalue weighted by molar-refractivity contribution is 5.84. The summed E-state index contributed by atoms with van der Waals surface area (Å²) in [6.07, 6.45) is 6.24. The number of ether oxygens (including phenoxy) is 1. The Kier molecular flexibility index (Phi) is 5.42. The van der Waals surface area contributed by atoms with Crippen LogP contribution in [0.5, 0.6) is 0 Å². The topological polar surface area (TPSA) is 58.6 Å². The van der Waals surface area contributed by atoms with E-state index in [1.807, 2.05) is 25.1 Å². The second-order valence-electron chi connectivity index (χ2n) is 8.07. The first kappa shape index (κ1) is 19.0. The van der Waals surface area contributed by atoms with Gasteiger partial charge in [0.25, 0.3) is 0 Å². The first-order valence-corrected chi connectivity index (χ1v) is 9.52. The number of amides is 1. The van der Waals surface area contributed by atoms with Crippen molar-refractivity contribution in [2.45, 2.75) is 52.2 Å². The van der Waals surface area contributed by atoms with Crippen LogP contribution in [0.2, 0.25) is 0 Å². The molecule has 1 fully saturated rings. The lowest BCUT2D eigenvalue weighted by Gasteiger charge is -2.52. The van der Waals surface area contributed by atoms with Gasteiger partial charge in [-0.2, -0.15) is 0 Å². The number of carbonyl (C=O) groups excluding carboxylic acids is 1. The summed E-state index contributed by atoms with van der Waals surface area (Å²) in [6.45, 7) is 8.43. The van der Waals surface area contributed by atoms with E-state index in [2.05, 4.69) is 38.6 Å². The molecule has 4 heteroatoms. The number of fused-ring (bicyclic) bond motifs is 1. The molecule has 0 aliphatic heterocycles. The van der Waals surface area contributed by atoms with Crippen LogP contribution in [0.25, 0.3) is 0 Å². The maximum atomic E-state index is 12.3. The van der Waals surface area contributed by atoms with Crippen LogP contribution in [-0.4, -0.2) is 22.9 Å². The van der Waals surface area contributed by atoms with Crippen LogP contribution in [0.15, 0.2) is 42.0 Å². The average molecular weight is 355 g/mol. The van der Waals surface area contributed by atoms with E-state index < -0.39 is 17.8 Å². The van der Waals surface area contributed by atoms with Crippen molar-refractivity contribution in [3.63, 3.8) is 0 Å². The SMILES string of the molecule is CC1=C[C@@H]2[C@H](C(C)C)CC[C@@H](C)[C@]2(O)[C][C@H]1OC(=O)Nc1ccccc1. The van der Waals surface area contributed by atoms with Crippen LogP contribution < -0.4 is 5.32 Å². The fourth-order valence-electron chi connectivity index (χ4n) is 4.33. The van der Waals surface area contributed by atoms with Crippen molar-refractivity contribution in [1.29, 1.82) is 0 Å². The van der Waals surface area contributed by atoms with Crippen molar-refractivity contribution in [1.82, 2.24) is 0 Å². The van der Waals surface area contributed by atoms with Gasteiger partial charge in [0.05, 0.1) is 12.0 Å². The van der Waals surface area contributed by atoms with Crippen LogP contribution >= 0.6 is 0 Å². The smallest absolute Gasteiger partial charge is 0.412 e. The van der Waals surface area contributed by atoms with Gasteiger partial charge in [-0.25, -0.2) is 4.79 Å². The van der Waals surface area contributed by atoms with E-state index >= 15 is 0 Å². The van der Waals surface area contributed by atoms with E-state index in [0.717, 1.165) is 18.4 Å². The van der Waals surface area contributed by atoms with Crippen molar-refractivity contribution >= 4 is 11.8 Å². The van der Waals surface area contributed by atoms with Gasteiger partial charge in [-0.05, 0) is 55.2 Å². The van der Waals surface area contributed by atoms with Crippen molar-refractivity contribution in [2.24, 2.45) is 23.7 Å². The lowest BCUT2D eigenvalue weighted by molar-refractivity contribution is -0.0927. The fourth-order valence-corrected chi connectivity index (χ4v) is 4.33. The summed E-state index contributed by atoms with van der Waals surface area (Å²) in [6, 6.07) is 9.19. The number of rotatable bonds is 3. The second kappa shape index (κ2) is 7.43. The highest BCUT2D eigenvalue weighted by Gasteiger charge is 2.52. The molecule has 2 aliphatic carbocycles. The van der Waals surface area contributed by atoms with Gasteiger partial charge in [-0.15, -0.1) is 0 Å². The summed E-state index contributed by atoms with van der Waals surface area (Å²) in [5.74, 6) is 1.03. The number of hydrogen-bond donors (Lipinski definition) is 2. The molecule has 2 N–H and O–H groups in total. The maximum absolute atomic E-state index is 12.3. The van der Waals surface area contributed by atoms with Crippen LogP contribution in [-0.2, 0) is 4.74 Å². The minimum atomic E-state index is -1.05. The molecule has 4 nitrogen and oxygen atoms in total. The lowest BCUT2D eigenvalue weighted by Crippen LogP contribution is -2.56. The van der Waals surface area contributed by atoms with Gasteiger partial charge in [-0.1, -0.05) is 45.0 Å². The first-order chi connectivity index (χ1) is 12.3. The second-order valence-corrected chi connectivity index (χ2v) is 8.07. The fraction of sp³-hybridized carbons (Fsp3) is 0.545. The Morgan fingerprint density at radius 1 is 1.31 bits per heavy atom. The number of para-hydroxylation sites is 1. The zero-order chi connectivity index (χ0) is 18.9. The molecule has 0 saturated heterocycles. The van der Waals surface area contributed by atoms with Crippen LogP contribution in [0.3, 0.4) is 0 Å². The zero-order valence-corrected chi connectivity index (χ0v) is 16.0. The Bertz CT molecular complexity index is 669. The summed E-state index contributed by atoms with van der Waals surface area (Å²) in [5, 5.41) is 14.1. The number of carbonyl (C=O) groups is 1. The van der Waals surface area contributed by atoms with Crippen LogP contribution in [0.1, 0.15) is 40.5 Å². The quantitative estimate of drug-likeness (QED) is 0.773. The van der Waals surface area contributed by atoms with Gasteiger partial charge in [0.1, 0.15) is 6.10 Å².